The van der Waals surface area contributed by atoms with E-state index in [1.165, 1.54) is 5.56 Å². The minimum absolute atomic E-state index is 0.163. The lowest BCUT2D eigenvalue weighted by atomic mass is 9.87. The molecule has 6 nitrogen and oxygen atoms in total. The molecule has 1 aliphatic rings. The van der Waals surface area contributed by atoms with E-state index in [2.05, 4.69) is 28.3 Å². The Morgan fingerprint density at radius 3 is 2.42 bits per heavy atom. The summed E-state index contributed by atoms with van der Waals surface area (Å²) in [7, 11) is 0. The fraction of sp³-hybridized carbons (Fsp3) is 0.148. The van der Waals surface area contributed by atoms with Crippen molar-refractivity contribution in [3.05, 3.63) is 111 Å². The van der Waals surface area contributed by atoms with Gasteiger partial charge in [-0.1, -0.05) is 66.7 Å². The van der Waals surface area contributed by atoms with Gasteiger partial charge in [0.2, 0.25) is 5.91 Å². The molecule has 4 aromatic rings. The van der Waals surface area contributed by atoms with Crippen LogP contribution in [0.2, 0.25) is 0 Å². The number of carbonyl (C=O) groups excluding carboxylic acids is 1. The molecule has 0 unspecified atom stereocenters. The largest absolute Gasteiger partial charge is 0.489 e. The second kappa shape index (κ2) is 8.74. The zero-order chi connectivity index (χ0) is 22.8. The van der Waals surface area contributed by atoms with Crippen molar-refractivity contribution in [3.8, 4) is 17.1 Å². The van der Waals surface area contributed by atoms with Gasteiger partial charge in [0, 0.05) is 17.9 Å². The maximum Gasteiger partial charge on any atom is 0.257 e. The van der Waals surface area contributed by atoms with Crippen LogP contribution in [0.1, 0.15) is 34.6 Å². The molecular formula is C27H23N3O3. The van der Waals surface area contributed by atoms with E-state index in [4.69, 9.17) is 4.74 Å². The number of nitrogens with one attached hydrogen (secondary N) is 2. The van der Waals surface area contributed by atoms with E-state index < -0.39 is 0 Å². The number of benzene rings is 3. The van der Waals surface area contributed by atoms with Crippen LogP contribution in [0.25, 0.3) is 11.4 Å². The molecule has 0 fully saturated rings. The number of aromatic amines is 1. The lowest BCUT2D eigenvalue weighted by molar-refractivity contribution is -0.116. The number of nitrogens with zero attached hydrogens (tertiary/aromatic N) is 1. The van der Waals surface area contributed by atoms with E-state index >= 15 is 0 Å². The summed E-state index contributed by atoms with van der Waals surface area (Å²) < 4.78 is 5.93. The number of hydrogen-bond donors (Lipinski definition) is 2. The topological polar surface area (TPSA) is 84.1 Å². The highest BCUT2D eigenvalue weighted by Crippen LogP contribution is 2.35. The molecule has 5 rings (SSSR count). The van der Waals surface area contributed by atoms with Crippen molar-refractivity contribution >= 4 is 11.7 Å². The SMILES string of the molecule is Cc1ccccc1COc1ccc([C@@H]2CC(=O)Nc3nc(-c4ccccc4)[nH]c(=O)c32)cc1. The Kier molecular flexibility index (Phi) is 5.48. The quantitative estimate of drug-likeness (QED) is 0.470. The van der Waals surface area contributed by atoms with Gasteiger partial charge in [0.05, 0.1) is 5.56 Å². The standard InChI is InChI=1S/C27H23N3O3/c1-17-7-5-6-10-20(17)16-33-21-13-11-18(12-14-21)22-15-23(31)28-26-24(22)27(32)30-25(29-26)19-8-3-2-4-9-19/h2-14,22H,15-16H2,1H3,(H2,28,29,30,31,32)/t22-/m0/s1. The number of carbonyl (C=O) groups is 1. The molecule has 1 aromatic heterocycles. The van der Waals surface area contributed by atoms with Gasteiger partial charge in [-0.3, -0.25) is 9.59 Å². The van der Waals surface area contributed by atoms with Crippen molar-refractivity contribution in [2.24, 2.45) is 0 Å². The van der Waals surface area contributed by atoms with Crippen LogP contribution in [0, 0.1) is 6.92 Å². The zero-order valence-electron chi connectivity index (χ0n) is 18.2. The molecule has 3 aromatic carbocycles. The molecule has 0 spiro atoms. The predicted octanol–water partition coefficient (Wildman–Crippen LogP) is 4.80. The molecule has 2 heterocycles. The highest BCUT2D eigenvalue weighted by Gasteiger charge is 2.31. The number of rotatable bonds is 5. The Labute approximate surface area is 191 Å². The molecule has 0 aliphatic carbocycles. The summed E-state index contributed by atoms with van der Waals surface area (Å²) in [4.78, 5) is 32.9. The van der Waals surface area contributed by atoms with Gasteiger partial charge in [-0.05, 0) is 35.7 Å². The number of ether oxygens (including phenoxy) is 1. The first-order chi connectivity index (χ1) is 16.1. The van der Waals surface area contributed by atoms with Gasteiger partial charge in [-0.15, -0.1) is 0 Å². The first-order valence-electron chi connectivity index (χ1n) is 10.9. The molecule has 1 atom stereocenters. The summed E-state index contributed by atoms with van der Waals surface area (Å²) in [6.07, 6.45) is 0.186. The Bertz CT molecular complexity index is 1360. The van der Waals surface area contributed by atoms with E-state index in [1.54, 1.807) is 0 Å². The lowest BCUT2D eigenvalue weighted by Crippen LogP contribution is -2.31. The van der Waals surface area contributed by atoms with Crippen molar-refractivity contribution in [1.82, 2.24) is 9.97 Å². The van der Waals surface area contributed by atoms with Crippen LogP contribution in [0.3, 0.4) is 0 Å². The molecule has 1 aliphatic heterocycles. The average molecular weight is 437 g/mol. The molecule has 0 saturated carbocycles. The minimum atomic E-state index is -0.375. The van der Waals surface area contributed by atoms with Crippen LogP contribution in [0.5, 0.6) is 5.75 Å². The molecule has 1 amide bonds. The molecule has 0 saturated heterocycles. The summed E-state index contributed by atoms with van der Waals surface area (Å²) >= 11 is 0. The molecule has 0 radical (unpaired) electrons. The Morgan fingerprint density at radius 2 is 1.67 bits per heavy atom. The number of hydrogen-bond acceptors (Lipinski definition) is 4. The predicted molar refractivity (Wildman–Crippen MR) is 127 cm³/mol. The van der Waals surface area contributed by atoms with Crippen LogP contribution in [-0.4, -0.2) is 15.9 Å². The lowest BCUT2D eigenvalue weighted by Gasteiger charge is -2.24. The third-order valence-electron chi connectivity index (χ3n) is 5.94. The van der Waals surface area contributed by atoms with Crippen LogP contribution in [0.15, 0.2) is 83.7 Å². The van der Waals surface area contributed by atoms with Gasteiger partial charge < -0.3 is 15.0 Å². The van der Waals surface area contributed by atoms with E-state index in [0.717, 1.165) is 22.4 Å². The van der Waals surface area contributed by atoms with E-state index in [-0.39, 0.29) is 23.8 Å². The van der Waals surface area contributed by atoms with Crippen molar-refractivity contribution < 1.29 is 9.53 Å². The van der Waals surface area contributed by atoms with Crippen LogP contribution in [0.4, 0.5) is 5.82 Å². The van der Waals surface area contributed by atoms with E-state index in [0.29, 0.717) is 23.8 Å². The fourth-order valence-electron chi connectivity index (χ4n) is 4.12. The van der Waals surface area contributed by atoms with Gasteiger partial charge in [0.15, 0.2) is 0 Å². The third kappa shape index (κ3) is 4.28. The van der Waals surface area contributed by atoms with Crippen molar-refractivity contribution in [3.63, 3.8) is 0 Å². The molecular weight excluding hydrogens is 414 g/mol. The number of aromatic nitrogens is 2. The van der Waals surface area contributed by atoms with Gasteiger partial charge >= 0.3 is 0 Å². The Balaban J connectivity index is 1.42. The second-order valence-corrected chi connectivity index (χ2v) is 8.13. The fourth-order valence-corrected chi connectivity index (χ4v) is 4.12. The maximum absolute atomic E-state index is 13.0. The van der Waals surface area contributed by atoms with Gasteiger partial charge in [0.25, 0.3) is 5.56 Å². The van der Waals surface area contributed by atoms with Gasteiger partial charge in [-0.25, -0.2) is 4.98 Å². The molecule has 0 bridgehead atoms. The maximum atomic E-state index is 13.0. The highest BCUT2D eigenvalue weighted by atomic mass is 16.5. The van der Waals surface area contributed by atoms with Crippen molar-refractivity contribution in [1.29, 1.82) is 0 Å². The highest BCUT2D eigenvalue weighted by molar-refractivity contribution is 5.94. The van der Waals surface area contributed by atoms with Crippen molar-refractivity contribution in [2.75, 3.05) is 5.32 Å². The minimum Gasteiger partial charge on any atom is -0.489 e. The number of H-pyrrole nitrogens is 1. The number of amides is 1. The van der Waals surface area contributed by atoms with E-state index in [1.807, 2.05) is 72.8 Å². The normalized spacial score (nSPS) is 14.9. The first-order valence-corrected chi connectivity index (χ1v) is 10.9. The number of aryl methyl sites for hydroxylation is 1. The smallest absolute Gasteiger partial charge is 0.257 e. The second-order valence-electron chi connectivity index (χ2n) is 8.13. The summed E-state index contributed by atoms with van der Waals surface area (Å²) in [5, 5.41) is 2.77. The summed E-state index contributed by atoms with van der Waals surface area (Å²) in [5.41, 5.74) is 4.19. The first kappa shape index (κ1) is 20.7. The summed E-state index contributed by atoms with van der Waals surface area (Å²) in [5.74, 6) is 0.942. The van der Waals surface area contributed by atoms with Crippen LogP contribution < -0.4 is 15.6 Å². The zero-order valence-corrected chi connectivity index (χ0v) is 18.2. The summed E-state index contributed by atoms with van der Waals surface area (Å²) in [6, 6.07) is 25.0. The summed E-state index contributed by atoms with van der Waals surface area (Å²) in [6.45, 7) is 2.54. The molecule has 2 N–H and O–H groups in total. The van der Waals surface area contributed by atoms with E-state index in [9.17, 15) is 9.59 Å². The van der Waals surface area contributed by atoms with Gasteiger partial charge in [-0.2, -0.15) is 0 Å². The third-order valence-corrected chi connectivity index (χ3v) is 5.94. The number of fused-ring (bicyclic) bond motifs is 1. The molecule has 164 valence electrons. The van der Waals surface area contributed by atoms with Crippen LogP contribution >= 0.6 is 0 Å². The Morgan fingerprint density at radius 1 is 0.939 bits per heavy atom. The Hall–Kier alpha value is -4.19. The monoisotopic (exact) mass is 437 g/mol. The number of anilines is 1. The van der Waals surface area contributed by atoms with Gasteiger partial charge in [0.1, 0.15) is 24.0 Å². The molecule has 6 heteroatoms. The average Bonchev–Trinajstić information content (AvgIpc) is 2.83. The molecule has 33 heavy (non-hydrogen) atoms. The van der Waals surface area contributed by atoms with Crippen molar-refractivity contribution in [2.45, 2.75) is 25.9 Å². The van der Waals surface area contributed by atoms with Crippen LogP contribution in [-0.2, 0) is 11.4 Å².